The van der Waals surface area contributed by atoms with Gasteiger partial charge in [0.2, 0.25) is 0 Å². The lowest BCUT2D eigenvalue weighted by Crippen LogP contribution is -2.24. The molecule has 8 heteroatoms. The molecular weight excluding hydrogens is 486 g/mol. The highest BCUT2D eigenvalue weighted by Crippen LogP contribution is 2.33. The zero-order valence-electron chi connectivity index (χ0n) is 21.8. The van der Waals surface area contributed by atoms with E-state index in [9.17, 15) is 14.4 Å². The Bertz CT molecular complexity index is 1230. The van der Waals surface area contributed by atoms with Crippen LogP contribution in [0.2, 0.25) is 0 Å². The quantitative estimate of drug-likeness (QED) is 0.125. The topological polar surface area (TPSA) is 103 Å². The average Bonchev–Trinajstić information content (AvgIpc) is 3.20. The van der Waals surface area contributed by atoms with Gasteiger partial charge in [0.05, 0.1) is 16.5 Å². The van der Waals surface area contributed by atoms with Crippen molar-refractivity contribution >= 4 is 40.8 Å². The summed E-state index contributed by atoms with van der Waals surface area (Å²) in [6.45, 7) is 7.25. The highest BCUT2D eigenvalue weighted by atomic mass is 32.2. The fourth-order valence-corrected chi connectivity index (χ4v) is 3.92. The molecule has 0 aliphatic heterocycles. The van der Waals surface area contributed by atoms with E-state index < -0.39 is 11.7 Å². The van der Waals surface area contributed by atoms with Crippen LogP contribution < -0.4 is 15.2 Å². The van der Waals surface area contributed by atoms with Gasteiger partial charge in [-0.05, 0) is 56.6 Å². The maximum absolute atomic E-state index is 12.2. The summed E-state index contributed by atoms with van der Waals surface area (Å²) >= 11 is 1.63. The number of amides is 1. The number of carbonyl (C=O) groups excluding carboxylic acids is 3. The molecule has 0 radical (unpaired) electrons. The second-order valence-corrected chi connectivity index (χ2v) is 8.40. The molecule has 1 amide bonds. The van der Waals surface area contributed by atoms with Gasteiger partial charge < -0.3 is 15.0 Å². The lowest BCUT2D eigenvalue weighted by Gasteiger charge is -2.05. The number of ketones is 1. The number of Topliss-reactive ketones (excluding diaryl/α,β-unsaturated/α-hetero) is 1. The molecule has 3 rings (SSSR count). The molecule has 0 aliphatic carbocycles. The third-order valence-corrected chi connectivity index (χ3v) is 5.63. The Kier molecular flexibility index (Phi) is 14.8. The average molecular weight is 522 g/mol. The summed E-state index contributed by atoms with van der Waals surface area (Å²) in [6, 6.07) is 15.4. The molecule has 0 fully saturated rings. The van der Waals surface area contributed by atoms with Crippen molar-refractivity contribution in [3.05, 3.63) is 96.7 Å². The number of nitrogens with one attached hydrogen (secondary N) is 1. The molecule has 1 heterocycles. The first-order chi connectivity index (χ1) is 17.9. The van der Waals surface area contributed by atoms with Gasteiger partial charge in [0.1, 0.15) is 12.4 Å². The summed E-state index contributed by atoms with van der Waals surface area (Å²) in [7, 11) is 3.72. The van der Waals surface area contributed by atoms with Crippen LogP contribution in [0.4, 0.5) is 0 Å². The normalized spacial score (nSPS) is 10.4. The molecule has 0 aliphatic rings. The van der Waals surface area contributed by atoms with Gasteiger partial charge >= 0.3 is 0 Å². The van der Waals surface area contributed by atoms with Crippen molar-refractivity contribution in [3.63, 3.8) is 0 Å². The van der Waals surface area contributed by atoms with Crippen LogP contribution in [-0.4, -0.2) is 36.2 Å². The number of carbonyl (C=O) groups is 3. The number of allylic oxidation sites excluding steroid dienone is 5. The molecule has 0 saturated heterocycles. The zero-order valence-corrected chi connectivity index (χ0v) is 22.6. The predicted octanol–water partition coefficient (Wildman–Crippen LogP) is 5.20. The molecule has 3 N–H and O–H groups in total. The summed E-state index contributed by atoms with van der Waals surface area (Å²) in [5, 5.41) is 0.516. The van der Waals surface area contributed by atoms with E-state index in [2.05, 4.69) is 23.4 Å². The number of nitrogens with two attached hydrogens (primary N) is 1. The Hall–Kier alpha value is -3.88. The first kappa shape index (κ1) is 31.2. The fraction of sp³-hybridized carbons (Fsp3) is 0.207. The largest absolute Gasteiger partial charge is 0.485 e. The highest BCUT2D eigenvalue weighted by molar-refractivity contribution is 7.97. The number of ether oxygens (including phenoxy) is 1. The lowest BCUT2D eigenvalue weighted by atomic mass is 10.0. The van der Waals surface area contributed by atoms with Crippen molar-refractivity contribution in [3.8, 4) is 5.75 Å². The van der Waals surface area contributed by atoms with Gasteiger partial charge in [-0.25, -0.2) is 0 Å². The van der Waals surface area contributed by atoms with Crippen LogP contribution in [0.25, 0.3) is 10.9 Å². The molecule has 196 valence electrons. The van der Waals surface area contributed by atoms with Crippen molar-refractivity contribution < 1.29 is 19.1 Å². The van der Waals surface area contributed by atoms with Crippen molar-refractivity contribution in [2.45, 2.75) is 25.2 Å². The first-order valence-electron chi connectivity index (χ1n) is 11.7. The molecule has 1 aromatic heterocycles. The Morgan fingerprint density at radius 3 is 2.35 bits per heavy atom. The molecule has 3 aromatic rings. The Morgan fingerprint density at radius 2 is 1.81 bits per heavy atom. The Morgan fingerprint density at radius 1 is 1.11 bits per heavy atom. The van der Waals surface area contributed by atoms with Gasteiger partial charge in [-0.1, -0.05) is 68.1 Å². The summed E-state index contributed by atoms with van der Waals surface area (Å²) < 4.78 is 10.2. The van der Waals surface area contributed by atoms with E-state index in [0.717, 1.165) is 5.52 Å². The predicted molar refractivity (Wildman–Crippen MR) is 153 cm³/mol. The van der Waals surface area contributed by atoms with Gasteiger partial charge in [0, 0.05) is 17.6 Å². The summed E-state index contributed by atoms with van der Waals surface area (Å²) in [6.07, 6.45) is 10.7. The van der Waals surface area contributed by atoms with Crippen molar-refractivity contribution in [2.24, 2.45) is 12.8 Å². The monoisotopic (exact) mass is 521 g/mol. The number of nitrogens with zero attached hydrogens (tertiary/aromatic N) is 1. The number of primary amides is 1. The number of benzene rings is 2. The fourth-order valence-electron chi connectivity index (χ4n) is 3.39. The number of aromatic nitrogens is 1. The van der Waals surface area contributed by atoms with Gasteiger partial charge in [-0.3, -0.25) is 19.1 Å². The lowest BCUT2D eigenvalue weighted by molar-refractivity contribution is -0.114. The number of hydrogen-bond acceptors (Lipinski definition) is 6. The van der Waals surface area contributed by atoms with Crippen molar-refractivity contribution in [1.29, 1.82) is 0 Å². The van der Waals surface area contributed by atoms with Gasteiger partial charge in [0.25, 0.3) is 11.7 Å². The third-order valence-electron chi connectivity index (χ3n) is 4.92. The smallest absolute Gasteiger partial charge is 0.289 e. The molecule has 2 aromatic carbocycles. The van der Waals surface area contributed by atoms with Crippen LogP contribution in [0, 0.1) is 0 Å². The Labute approximate surface area is 223 Å². The molecule has 0 spiro atoms. The van der Waals surface area contributed by atoms with E-state index >= 15 is 0 Å². The van der Waals surface area contributed by atoms with Crippen LogP contribution in [0.5, 0.6) is 5.75 Å². The van der Waals surface area contributed by atoms with E-state index in [1.165, 1.54) is 4.90 Å². The number of rotatable bonds is 10. The molecule has 0 bridgehead atoms. The maximum Gasteiger partial charge on any atom is 0.289 e. The standard InChI is InChI=1S/C15H16N2O4.C7H9NS.C7H10/c1-3-9-13(14(19)15(16)20)12-10(17(9)2)5-4-6-11(12)21-8-7-18;1-8-9-7-5-3-2-4-6-7;1-3-5-7-6-4-2/h4-7H,3,8H2,1-2H3,(H2,16,20);2-6,8H,1H3;3-7H,1H2,2H3/b;;6-4-,7-5-. The van der Waals surface area contributed by atoms with E-state index in [1.807, 2.05) is 81.1 Å². The number of aldehydes is 1. The van der Waals surface area contributed by atoms with Crippen molar-refractivity contribution in [2.75, 3.05) is 13.7 Å². The molecule has 7 nitrogen and oxygen atoms in total. The van der Waals surface area contributed by atoms with Gasteiger partial charge in [-0.15, -0.1) is 0 Å². The minimum Gasteiger partial charge on any atom is -0.485 e. The Balaban J connectivity index is 0.000000351. The van der Waals surface area contributed by atoms with E-state index in [0.29, 0.717) is 29.5 Å². The summed E-state index contributed by atoms with van der Waals surface area (Å²) in [4.78, 5) is 35.2. The minimum atomic E-state index is -1.01. The van der Waals surface area contributed by atoms with Gasteiger partial charge in [-0.2, -0.15) is 0 Å². The second kappa shape index (κ2) is 17.5. The van der Waals surface area contributed by atoms with Crippen LogP contribution in [0.1, 0.15) is 29.9 Å². The van der Waals surface area contributed by atoms with E-state index in [-0.39, 0.29) is 12.2 Å². The van der Waals surface area contributed by atoms with Crippen LogP contribution in [0.15, 0.2) is 90.4 Å². The van der Waals surface area contributed by atoms with Crippen LogP contribution in [0.3, 0.4) is 0 Å². The molecule has 37 heavy (non-hydrogen) atoms. The van der Waals surface area contributed by atoms with Crippen LogP contribution in [-0.2, 0) is 23.1 Å². The van der Waals surface area contributed by atoms with E-state index in [4.69, 9.17) is 10.5 Å². The third kappa shape index (κ3) is 9.59. The first-order valence-corrected chi connectivity index (χ1v) is 12.5. The zero-order chi connectivity index (χ0) is 27.6. The number of hydrogen-bond donors (Lipinski definition) is 2. The summed E-state index contributed by atoms with van der Waals surface area (Å²) in [5.41, 5.74) is 6.86. The molecule has 0 saturated carbocycles. The number of aryl methyl sites for hydroxylation is 1. The second-order valence-electron chi connectivity index (χ2n) is 7.32. The van der Waals surface area contributed by atoms with Crippen molar-refractivity contribution in [1.82, 2.24) is 9.29 Å². The molecule has 0 unspecified atom stereocenters. The molecule has 0 atom stereocenters. The summed E-state index contributed by atoms with van der Waals surface area (Å²) in [5.74, 6) is -1.37. The number of fused-ring (bicyclic) bond motifs is 1. The minimum absolute atomic E-state index is 0.125. The maximum atomic E-state index is 12.2. The van der Waals surface area contributed by atoms with E-state index in [1.54, 1.807) is 30.2 Å². The SMILES string of the molecule is C=C/C=C\C=C/C.CCc1c(C(=O)C(N)=O)c2c(OCC=O)cccc2n1C.CNSc1ccccc1. The van der Waals surface area contributed by atoms with Gasteiger partial charge in [0.15, 0.2) is 6.29 Å². The molecular formula is C29H35N3O4S. The highest BCUT2D eigenvalue weighted by Gasteiger charge is 2.25. The van der Waals surface area contributed by atoms with Crippen LogP contribution >= 0.6 is 11.9 Å².